The van der Waals surface area contributed by atoms with Crippen molar-refractivity contribution in [3.63, 3.8) is 0 Å². The van der Waals surface area contributed by atoms with Gasteiger partial charge in [0.05, 0.1) is 19.8 Å². The third kappa shape index (κ3) is 3.98. The Bertz CT molecular complexity index is 898. The average molecular weight is 386 g/mol. The SMILES string of the molecule is COc1ccc(NC(=O)[C@@H](C)OC(=O)c2cc(C)n(C3CC3)c2C)cc1OC. The van der Waals surface area contributed by atoms with Crippen molar-refractivity contribution >= 4 is 17.6 Å². The van der Waals surface area contributed by atoms with Gasteiger partial charge >= 0.3 is 5.97 Å². The number of hydrogen-bond acceptors (Lipinski definition) is 5. The van der Waals surface area contributed by atoms with Crippen LogP contribution in [0.4, 0.5) is 5.69 Å². The van der Waals surface area contributed by atoms with Gasteiger partial charge in [0.25, 0.3) is 5.91 Å². The Balaban J connectivity index is 1.66. The maximum atomic E-state index is 12.6. The van der Waals surface area contributed by atoms with E-state index in [-0.39, 0.29) is 0 Å². The van der Waals surface area contributed by atoms with E-state index in [1.165, 1.54) is 14.2 Å². The lowest BCUT2D eigenvalue weighted by Gasteiger charge is -2.15. The lowest BCUT2D eigenvalue weighted by atomic mass is 10.2. The number of carbonyl (C=O) groups excluding carboxylic acids is 2. The highest BCUT2D eigenvalue weighted by atomic mass is 16.5. The van der Waals surface area contributed by atoms with E-state index in [0.29, 0.717) is 28.8 Å². The van der Waals surface area contributed by atoms with Gasteiger partial charge in [0.2, 0.25) is 0 Å². The molecule has 0 bridgehead atoms. The van der Waals surface area contributed by atoms with Gasteiger partial charge in [0, 0.05) is 29.2 Å². The number of methoxy groups -OCH3 is 2. The first-order valence-corrected chi connectivity index (χ1v) is 9.28. The summed E-state index contributed by atoms with van der Waals surface area (Å²) in [5.74, 6) is 0.148. The minimum atomic E-state index is -0.940. The number of benzene rings is 1. The van der Waals surface area contributed by atoms with Crippen molar-refractivity contribution in [1.29, 1.82) is 0 Å². The molecule has 0 radical (unpaired) electrons. The van der Waals surface area contributed by atoms with Crippen LogP contribution in [-0.4, -0.2) is 36.8 Å². The molecule has 1 atom stereocenters. The van der Waals surface area contributed by atoms with Crippen LogP contribution in [0.3, 0.4) is 0 Å². The maximum absolute atomic E-state index is 12.6. The zero-order valence-electron chi connectivity index (χ0n) is 16.9. The fourth-order valence-corrected chi connectivity index (χ4v) is 3.31. The van der Waals surface area contributed by atoms with Crippen LogP contribution in [0.15, 0.2) is 24.3 Å². The fraction of sp³-hybridized carbons (Fsp3) is 0.429. The number of rotatable bonds is 7. The monoisotopic (exact) mass is 386 g/mol. The van der Waals surface area contributed by atoms with Gasteiger partial charge in [-0.15, -0.1) is 0 Å². The highest BCUT2D eigenvalue weighted by Gasteiger charge is 2.29. The van der Waals surface area contributed by atoms with Crippen molar-refractivity contribution in [1.82, 2.24) is 4.57 Å². The van der Waals surface area contributed by atoms with Gasteiger partial charge in [0.1, 0.15) is 0 Å². The summed E-state index contributed by atoms with van der Waals surface area (Å²) < 4.78 is 18.0. The Morgan fingerprint density at radius 1 is 1.11 bits per heavy atom. The third-order valence-corrected chi connectivity index (χ3v) is 4.92. The van der Waals surface area contributed by atoms with Gasteiger partial charge in [-0.3, -0.25) is 4.79 Å². The largest absolute Gasteiger partial charge is 0.493 e. The van der Waals surface area contributed by atoms with Crippen molar-refractivity contribution in [2.45, 2.75) is 45.8 Å². The van der Waals surface area contributed by atoms with Crippen LogP contribution in [0.1, 0.15) is 47.6 Å². The molecule has 1 heterocycles. The minimum absolute atomic E-state index is 0.420. The number of carbonyl (C=O) groups is 2. The molecule has 2 aromatic rings. The summed E-state index contributed by atoms with van der Waals surface area (Å²) in [5.41, 5.74) is 2.96. The van der Waals surface area contributed by atoms with E-state index in [1.54, 1.807) is 25.1 Å². The predicted octanol–water partition coefficient (Wildman–Crippen LogP) is 3.64. The lowest BCUT2D eigenvalue weighted by Crippen LogP contribution is -2.30. The summed E-state index contributed by atoms with van der Waals surface area (Å²) >= 11 is 0. The number of ether oxygens (including phenoxy) is 3. The summed E-state index contributed by atoms with van der Waals surface area (Å²) in [4.78, 5) is 25.0. The number of anilines is 1. The van der Waals surface area contributed by atoms with E-state index >= 15 is 0 Å². The summed E-state index contributed by atoms with van der Waals surface area (Å²) in [6, 6.07) is 7.34. The molecule has 1 N–H and O–H groups in total. The molecule has 1 aliphatic rings. The number of nitrogens with one attached hydrogen (secondary N) is 1. The molecular weight excluding hydrogens is 360 g/mol. The van der Waals surface area contributed by atoms with Crippen LogP contribution in [0, 0.1) is 13.8 Å². The molecule has 7 heteroatoms. The summed E-state index contributed by atoms with van der Waals surface area (Å²) in [5, 5.41) is 2.73. The molecule has 1 saturated carbocycles. The number of esters is 1. The van der Waals surface area contributed by atoms with E-state index in [4.69, 9.17) is 14.2 Å². The molecule has 0 spiro atoms. The molecule has 1 aromatic carbocycles. The number of aromatic nitrogens is 1. The molecule has 1 aromatic heterocycles. The number of amides is 1. The number of aryl methyl sites for hydroxylation is 1. The summed E-state index contributed by atoms with van der Waals surface area (Å²) in [6.07, 6.45) is 1.33. The second-order valence-corrected chi connectivity index (χ2v) is 6.99. The zero-order chi connectivity index (χ0) is 20.4. The maximum Gasteiger partial charge on any atom is 0.340 e. The van der Waals surface area contributed by atoms with Crippen LogP contribution in [0.2, 0.25) is 0 Å². The lowest BCUT2D eigenvalue weighted by molar-refractivity contribution is -0.123. The first-order chi connectivity index (χ1) is 13.3. The summed E-state index contributed by atoms with van der Waals surface area (Å²) in [7, 11) is 3.06. The van der Waals surface area contributed by atoms with Crippen LogP contribution in [-0.2, 0) is 9.53 Å². The van der Waals surface area contributed by atoms with Gasteiger partial charge in [-0.1, -0.05) is 0 Å². The topological polar surface area (TPSA) is 78.8 Å². The first-order valence-electron chi connectivity index (χ1n) is 9.28. The van der Waals surface area contributed by atoms with E-state index in [9.17, 15) is 9.59 Å². The van der Waals surface area contributed by atoms with Gasteiger partial charge in [-0.05, 0) is 51.8 Å². The molecule has 0 saturated heterocycles. The number of hydrogen-bond donors (Lipinski definition) is 1. The smallest absolute Gasteiger partial charge is 0.340 e. The molecule has 150 valence electrons. The third-order valence-electron chi connectivity index (χ3n) is 4.92. The fourth-order valence-electron chi connectivity index (χ4n) is 3.31. The van der Waals surface area contributed by atoms with Crippen LogP contribution in [0.5, 0.6) is 11.5 Å². The van der Waals surface area contributed by atoms with Gasteiger partial charge in [0.15, 0.2) is 17.6 Å². The molecule has 28 heavy (non-hydrogen) atoms. The molecule has 0 aliphatic heterocycles. The normalized spacial score (nSPS) is 14.3. The number of nitrogens with zero attached hydrogens (tertiary/aromatic N) is 1. The Morgan fingerprint density at radius 2 is 1.79 bits per heavy atom. The Kier molecular flexibility index (Phi) is 5.63. The van der Waals surface area contributed by atoms with Gasteiger partial charge in [-0.2, -0.15) is 0 Å². The first kappa shape index (κ1) is 19.8. The van der Waals surface area contributed by atoms with Crippen LogP contribution in [0.25, 0.3) is 0 Å². The van der Waals surface area contributed by atoms with Crippen LogP contribution < -0.4 is 14.8 Å². The minimum Gasteiger partial charge on any atom is -0.493 e. The van der Waals surface area contributed by atoms with Gasteiger partial charge < -0.3 is 24.1 Å². The quantitative estimate of drug-likeness (QED) is 0.735. The van der Waals surface area contributed by atoms with Crippen molar-refractivity contribution in [3.8, 4) is 11.5 Å². The Morgan fingerprint density at radius 3 is 2.39 bits per heavy atom. The van der Waals surface area contributed by atoms with Gasteiger partial charge in [-0.25, -0.2) is 4.79 Å². The predicted molar refractivity (Wildman–Crippen MR) is 105 cm³/mol. The van der Waals surface area contributed by atoms with E-state index < -0.39 is 18.0 Å². The average Bonchev–Trinajstić information content (AvgIpc) is 3.45. The Hall–Kier alpha value is -2.96. The molecule has 7 nitrogen and oxygen atoms in total. The van der Waals surface area contributed by atoms with E-state index in [0.717, 1.165) is 24.2 Å². The molecular formula is C21H26N2O5. The molecule has 1 amide bonds. The van der Waals surface area contributed by atoms with E-state index in [2.05, 4.69) is 9.88 Å². The van der Waals surface area contributed by atoms with E-state index in [1.807, 2.05) is 19.9 Å². The highest BCUT2D eigenvalue weighted by molar-refractivity contribution is 5.98. The standard InChI is InChI=1S/C21H26N2O5/c1-12-10-17(13(2)23(12)16-7-8-16)21(25)28-14(3)20(24)22-15-6-9-18(26-4)19(11-15)27-5/h6,9-11,14,16H,7-8H2,1-5H3,(H,22,24)/t14-/m1/s1. The van der Waals surface area contributed by atoms with Crippen molar-refractivity contribution < 1.29 is 23.8 Å². The van der Waals surface area contributed by atoms with Crippen molar-refractivity contribution in [2.75, 3.05) is 19.5 Å². The second-order valence-electron chi connectivity index (χ2n) is 6.99. The van der Waals surface area contributed by atoms with Crippen molar-refractivity contribution in [2.24, 2.45) is 0 Å². The van der Waals surface area contributed by atoms with Crippen molar-refractivity contribution in [3.05, 3.63) is 41.2 Å². The van der Waals surface area contributed by atoms with Crippen LogP contribution >= 0.6 is 0 Å². The molecule has 0 unspecified atom stereocenters. The second kappa shape index (κ2) is 7.96. The molecule has 1 aliphatic carbocycles. The Labute approximate surface area is 164 Å². The molecule has 1 fully saturated rings. The zero-order valence-corrected chi connectivity index (χ0v) is 16.9. The highest BCUT2D eigenvalue weighted by Crippen LogP contribution is 2.38. The molecule has 3 rings (SSSR count). The summed E-state index contributed by atoms with van der Waals surface area (Å²) in [6.45, 7) is 5.44.